The van der Waals surface area contributed by atoms with Gasteiger partial charge in [-0.3, -0.25) is 9.80 Å². The van der Waals surface area contributed by atoms with Crippen molar-refractivity contribution in [2.45, 2.75) is 43.7 Å². The quantitative estimate of drug-likeness (QED) is 0.725. The van der Waals surface area contributed by atoms with Crippen LogP contribution in [0.2, 0.25) is 0 Å². The zero-order valence-corrected chi connectivity index (χ0v) is 9.62. The highest BCUT2D eigenvalue weighted by Gasteiger charge is 2.48. The fourth-order valence-corrected chi connectivity index (χ4v) is 3.43. The minimum Gasteiger partial charge on any atom is -0.329 e. The number of rotatable bonds is 2. The van der Waals surface area contributed by atoms with Gasteiger partial charge >= 0.3 is 0 Å². The minimum absolute atomic E-state index is 0.429. The van der Waals surface area contributed by atoms with Crippen molar-refractivity contribution in [3.8, 4) is 0 Å². The number of nitrogens with zero attached hydrogens (tertiary/aromatic N) is 2. The van der Waals surface area contributed by atoms with Crippen LogP contribution >= 0.6 is 0 Å². The molecule has 1 saturated carbocycles. The molecule has 1 unspecified atom stereocenters. The molecule has 86 valence electrons. The minimum atomic E-state index is 0.429. The van der Waals surface area contributed by atoms with E-state index in [9.17, 15) is 0 Å². The summed E-state index contributed by atoms with van der Waals surface area (Å²) < 4.78 is 0. The Kier molecular flexibility index (Phi) is 2.49. The van der Waals surface area contributed by atoms with Gasteiger partial charge in [0.05, 0.1) is 0 Å². The van der Waals surface area contributed by atoms with Gasteiger partial charge in [-0.25, -0.2) is 0 Å². The molecular formula is C12H23N3. The average Bonchev–Trinajstić information content (AvgIpc) is 2.99. The molecule has 3 nitrogen and oxygen atoms in total. The monoisotopic (exact) mass is 209 g/mol. The van der Waals surface area contributed by atoms with Crippen LogP contribution in [0, 0.1) is 0 Å². The molecule has 0 radical (unpaired) electrons. The van der Waals surface area contributed by atoms with Crippen LogP contribution in [-0.2, 0) is 0 Å². The Morgan fingerprint density at radius 3 is 2.67 bits per heavy atom. The summed E-state index contributed by atoms with van der Waals surface area (Å²) in [5.41, 5.74) is 6.36. The molecule has 3 rings (SSSR count). The van der Waals surface area contributed by atoms with E-state index >= 15 is 0 Å². The van der Waals surface area contributed by atoms with Gasteiger partial charge in [0.25, 0.3) is 0 Å². The molecule has 2 N–H and O–H groups in total. The van der Waals surface area contributed by atoms with Gasteiger partial charge in [0.1, 0.15) is 0 Å². The smallest absolute Gasteiger partial charge is 0.0333 e. The Morgan fingerprint density at radius 2 is 1.93 bits per heavy atom. The summed E-state index contributed by atoms with van der Waals surface area (Å²) in [5, 5.41) is 0. The molecule has 2 aliphatic heterocycles. The van der Waals surface area contributed by atoms with E-state index in [1.807, 2.05) is 0 Å². The standard InChI is InChI=1S/C12H23N3/c13-10-12(4-5-12)15-8-2-7-14-6-1-3-11(14)9-15/h11H,1-10,13H2. The maximum Gasteiger partial charge on any atom is 0.0333 e. The summed E-state index contributed by atoms with van der Waals surface area (Å²) in [6, 6.07) is 0.844. The molecule has 3 aliphatic rings. The Morgan fingerprint density at radius 1 is 1.13 bits per heavy atom. The third-order valence-electron chi connectivity index (χ3n) is 4.68. The second-order valence-electron chi connectivity index (χ2n) is 5.56. The van der Waals surface area contributed by atoms with Crippen LogP contribution in [0.15, 0.2) is 0 Å². The predicted octanol–water partition coefficient (Wildman–Crippen LogP) is 0.648. The van der Waals surface area contributed by atoms with Gasteiger partial charge in [0.2, 0.25) is 0 Å². The van der Waals surface area contributed by atoms with Crippen molar-refractivity contribution in [2.75, 3.05) is 32.7 Å². The highest BCUT2D eigenvalue weighted by molar-refractivity contribution is 5.06. The molecule has 15 heavy (non-hydrogen) atoms. The van der Waals surface area contributed by atoms with E-state index in [1.165, 1.54) is 58.3 Å². The number of hydrogen-bond donors (Lipinski definition) is 1. The number of hydrogen-bond acceptors (Lipinski definition) is 3. The lowest BCUT2D eigenvalue weighted by atomic mass is 10.1. The van der Waals surface area contributed by atoms with E-state index in [4.69, 9.17) is 5.73 Å². The average molecular weight is 209 g/mol. The molecular weight excluding hydrogens is 186 g/mol. The normalized spacial score (nSPS) is 36.2. The van der Waals surface area contributed by atoms with Crippen molar-refractivity contribution >= 4 is 0 Å². The van der Waals surface area contributed by atoms with Gasteiger partial charge in [-0.15, -0.1) is 0 Å². The van der Waals surface area contributed by atoms with Crippen LogP contribution in [0.25, 0.3) is 0 Å². The maximum absolute atomic E-state index is 5.93. The summed E-state index contributed by atoms with van der Waals surface area (Å²) in [6.07, 6.45) is 6.86. The molecule has 0 spiro atoms. The van der Waals surface area contributed by atoms with Crippen molar-refractivity contribution in [2.24, 2.45) is 5.73 Å². The Balaban J connectivity index is 1.70. The van der Waals surface area contributed by atoms with Crippen molar-refractivity contribution in [1.82, 2.24) is 9.80 Å². The highest BCUT2D eigenvalue weighted by atomic mass is 15.3. The lowest BCUT2D eigenvalue weighted by Gasteiger charge is -2.32. The lowest BCUT2D eigenvalue weighted by molar-refractivity contribution is 0.160. The summed E-state index contributed by atoms with van der Waals surface area (Å²) in [5.74, 6) is 0. The van der Waals surface area contributed by atoms with E-state index in [-0.39, 0.29) is 0 Å². The molecule has 0 aromatic carbocycles. The van der Waals surface area contributed by atoms with E-state index in [1.54, 1.807) is 0 Å². The second-order valence-corrected chi connectivity index (χ2v) is 5.56. The SMILES string of the molecule is NCC1(N2CCCN3CCCC3C2)CC1. The van der Waals surface area contributed by atoms with Gasteiger partial charge in [0.15, 0.2) is 0 Å². The molecule has 3 heteroatoms. The third kappa shape index (κ3) is 1.71. The Bertz CT molecular complexity index is 237. The van der Waals surface area contributed by atoms with Crippen LogP contribution < -0.4 is 5.73 Å². The van der Waals surface area contributed by atoms with Crippen LogP contribution in [0.3, 0.4) is 0 Å². The second kappa shape index (κ2) is 3.72. The van der Waals surface area contributed by atoms with E-state index < -0.39 is 0 Å². The van der Waals surface area contributed by atoms with Crippen molar-refractivity contribution in [3.05, 3.63) is 0 Å². The molecule has 2 heterocycles. The zero-order chi connectivity index (χ0) is 10.3. The first-order valence-electron chi connectivity index (χ1n) is 6.53. The number of fused-ring (bicyclic) bond motifs is 1. The first kappa shape index (κ1) is 10.1. The highest BCUT2D eigenvalue weighted by Crippen LogP contribution is 2.42. The van der Waals surface area contributed by atoms with E-state index in [2.05, 4.69) is 9.80 Å². The third-order valence-corrected chi connectivity index (χ3v) is 4.68. The first-order valence-corrected chi connectivity index (χ1v) is 6.53. The zero-order valence-electron chi connectivity index (χ0n) is 9.62. The predicted molar refractivity (Wildman–Crippen MR) is 61.8 cm³/mol. The lowest BCUT2D eigenvalue weighted by Crippen LogP contribution is -2.47. The topological polar surface area (TPSA) is 32.5 Å². The molecule has 2 saturated heterocycles. The fraction of sp³-hybridized carbons (Fsp3) is 1.00. The van der Waals surface area contributed by atoms with E-state index in [0.29, 0.717) is 5.54 Å². The van der Waals surface area contributed by atoms with Crippen molar-refractivity contribution in [3.63, 3.8) is 0 Å². The Labute approximate surface area is 92.6 Å². The van der Waals surface area contributed by atoms with Gasteiger partial charge < -0.3 is 5.73 Å². The van der Waals surface area contributed by atoms with Gasteiger partial charge in [-0.2, -0.15) is 0 Å². The van der Waals surface area contributed by atoms with Crippen molar-refractivity contribution in [1.29, 1.82) is 0 Å². The molecule has 0 aromatic rings. The van der Waals surface area contributed by atoms with Gasteiger partial charge in [0, 0.05) is 31.2 Å². The van der Waals surface area contributed by atoms with Crippen molar-refractivity contribution < 1.29 is 0 Å². The molecule has 3 fully saturated rings. The van der Waals surface area contributed by atoms with Gasteiger partial charge in [-0.05, 0) is 45.2 Å². The summed E-state index contributed by atoms with van der Waals surface area (Å²) in [7, 11) is 0. The summed E-state index contributed by atoms with van der Waals surface area (Å²) in [4.78, 5) is 5.41. The summed E-state index contributed by atoms with van der Waals surface area (Å²) >= 11 is 0. The van der Waals surface area contributed by atoms with Crippen LogP contribution in [0.1, 0.15) is 32.1 Å². The van der Waals surface area contributed by atoms with Crippen LogP contribution in [-0.4, -0.2) is 54.1 Å². The molecule has 0 bridgehead atoms. The Hall–Kier alpha value is -0.120. The maximum atomic E-state index is 5.93. The van der Waals surface area contributed by atoms with Crippen LogP contribution in [0.4, 0.5) is 0 Å². The fourth-order valence-electron chi connectivity index (χ4n) is 3.43. The molecule has 1 atom stereocenters. The summed E-state index contributed by atoms with van der Waals surface area (Å²) in [6.45, 7) is 6.11. The largest absolute Gasteiger partial charge is 0.329 e. The molecule has 1 aliphatic carbocycles. The van der Waals surface area contributed by atoms with Gasteiger partial charge in [-0.1, -0.05) is 0 Å². The van der Waals surface area contributed by atoms with Crippen LogP contribution in [0.5, 0.6) is 0 Å². The van der Waals surface area contributed by atoms with E-state index in [0.717, 1.165) is 12.6 Å². The molecule has 0 amide bonds. The first-order chi connectivity index (χ1) is 7.34. The molecule has 0 aromatic heterocycles. The number of nitrogens with two attached hydrogens (primary N) is 1.